The zero-order chi connectivity index (χ0) is 19.6. The van der Waals surface area contributed by atoms with Crippen molar-refractivity contribution in [2.45, 2.75) is 33.8 Å². The van der Waals surface area contributed by atoms with Crippen molar-refractivity contribution in [3.8, 4) is 0 Å². The van der Waals surface area contributed by atoms with Gasteiger partial charge in [0.05, 0.1) is 11.5 Å². The molecule has 28 heavy (non-hydrogen) atoms. The minimum atomic E-state index is -0.486. The molecule has 3 aromatic rings. The van der Waals surface area contributed by atoms with E-state index in [-0.39, 0.29) is 17.8 Å². The molecule has 6 heteroatoms. The van der Waals surface area contributed by atoms with Gasteiger partial charge in [0.15, 0.2) is 5.43 Å². The zero-order valence-electron chi connectivity index (χ0n) is 16.9. The van der Waals surface area contributed by atoms with Gasteiger partial charge >= 0.3 is 0 Å². The maximum absolute atomic E-state index is 13.2. The van der Waals surface area contributed by atoms with Gasteiger partial charge in [0.2, 0.25) is 0 Å². The molecule has 1 atom stereocenters. The van der Waals surface area contributed by atoms with Crippen LogP contribution in [0, 0.1) is 13.8 Å². The Kier molecular flexibility index (Phi) is 7.84. The SMILES string of the molecule is CCN(CC)CC(O)CNc1c(C)cc(C)c2sc3ccccc3c(=O)c12.Cl. The molecule has 2 N–H and O–H groups in total. The summed E-state index contributed by atoms with van der Waals surface area (Å²) >= 11 is 1.66. The number of anilines is 1. The number of nitrogens with zero attached hydrogens (tertiary/aromatic N) is 1. The van der Waals surface area contributed by atoms with Gasteiger partial charge in [0, 0.05) is 33.6 Å². The quantitative estimate of drug-likeness (QED) is 0.550. The summed E-state index contributed by atoms with van der Waals surface area (Å²) in [7, 11) is 0. The molecule has 1 heterocycles. The van der Waals surface area contributed by atoms with E-state index < -0.39 is 6.10 Å². The molecule has 0 radical (unpaired) electrons. The van der Waals surface area contributed by atoms with Crippen molar-refractivity contribution in [2.75, 3.05) is 31.5 Å². The molecule has 0 aliphatic rings. The molecule has 0 saturated heterocycles. The number of aliphatic hydroxyl groups is 1. The Bertz CT molecular complexity index is 1010. The van der Waals surface area contributed by atoms with E-state index >= 15 is 0 Å². The van der Waals surface area contributed by atoms with Crippen molar-refractivity contribution in [2.24, 2.45) is 0 Å². The summed E-state index contributed by atoms with van der Waals surface area (Å²) < 4.78 is 2.03. The average molecular weight is 421 g/mol. The van der Waals surface area contributed by atoms with E-state index in [2.05, 4.69) is 37.1 Å². The lowest BCUT2D eigenvalue weighted by Gasteiger charge is -2.23. The van der Waals surface area contributed by atoms with E-state index in [0.717, 1.165) is 50.1 Å². The number of aryl methyl sites for hydroxylation is 2. The normalized spacial score (nSPS) is 12.4. The molecule has 0 saturated carbocycles. The summed E-state index contributed by atoms with van der Waals surface area (Å²) in [6, 6.07) is 9.89. The predicted molar refractivity (Wildman–Crippen MR) is 125 cm³/mol. The Morgan fingerprint density at radius 3 is 2.50 bits per heavy atom. The Morgan fingerprint density at radius 1 is 1.14 bits per heavy atom. The molecule has 4 nitrogen and oxygen atoms in total. The second kappa shape index (κ2) is 9.70. The van der Waals surface area contributed by atoms with Gasteiger partial charge in [-0.1, -0.05) is 32.0 Å². The first-order valence-corrected chi connectivity index (χ1v) is 10.4. The molecule has 0 spiro atoms. The van der Waals surface area contributed by atoms with Gasteiger partial charge in [-0.05, 0) is 50.2 Å². The lowest BCUT2D eigenvalue weighted by atomic mass is 10.0. The van der Waals surface area contributed by atoms with Crippen molar-refractivity contribution >= 4 is 49.6 Å². The van der Waals surface area contributed by atoms with E-state index in [1.54, 1.807) is 11.3 Å². The van der Waals surface area contributed by atoms with Gasteiger partial charge in [0.25, 0.3) is 0 Å². The predicted octanol–water partition coefficient (Wildman–Crippen LogP) is 4.57. The van der Waals surface area contributed by atoms with Crippen LogP contribution in [0.15, 0.2) is 35.1 Å². The van der Waals surface area contributed by atoms with Gasteiger partial charge in [-0.25, -0.2) is 0 Å². The summed E-state index contributed by atoms with van der Waals surface area (Å²) in [5.74, 6) is 0. The number of hydrogen-bond acceptors (Lipinski definition) is 5. The molecule has 2 aromatic carbocycles. The number of aliphatic hydroxyl groups excluding tert-OH is 1. The van der Waals surface area contributed by atoms with Crippen LogP contribution in [0.3, 0.4) is 0 Å². The molecule has 0 aliphatic heterocycles. The average Bonchev–Trinajstić information content (AvgIpc) is 2.66. The molecule has 0 bridgehead atoms. The number of halogens is 1. The van der Waals surface area contributed by atoms with Crippen LogP contribution in [0.2, 0.25) is 0 Å². The van der Waals surface area contributed by atoms with Crippen LogP contribution < -0.4 is 10.7 Å². The van der Waals surface area contributed by atoms with Crippen LogP contribution in [-0.2, 0) is 0 Å². The van der Waals surface area contributed by atoms with E-state index in [1.807, 2.05) is 31.2 Å². The van der Waals surface area contributed by atoms with E-state index in [4.69, 9.17) is 0 Å². The maximum atomic E-state index is 13.2. The van der Waals surface area contributed by atoms with Crippen molar-refractivity contribution in [1.82, 2.24) is 4.90 Å². The monoisotopic (exact) mass is 420 g/mol. The van der Waals surface area contributed by atoms with Gasteiger partial charge in [-0.3, -0.25) is 4.79 Å². The first kappa shape index (κ1) is 22.6. The van der Waals surface area contributed by atoms with Crippen molar-refractivity contribution in [3.05, 3.63) is 51.7 Å². The Morgan fingerprint density at radius 2 is 1.82 bits per heavy atom. The van der Waals surface area contributed by atoms with Gasteiger partial charge in [0.1, 0.15) is 0 Å². The Hall–Kier alpha value is -1.66. The topological polar surface area (TPSA) is 52.6 Å². The van der Waals surface area contributed by atoms with Gasteiger partial charge in [-0.15, -0.1) is 23.7 Å². The third-order valence-corrected chi connectivity index (χ3v) is 6.42. The molecule has 0 fully saturated rings. The molecule has 0 aliphatic carbocycles. The van der Waals surface area contributed by atoms with Crippen molar-refractivity contribution in [3.63, 3.8) is 0 Å². The van der Waals surface area contributed by atoms with Crippen LogP contribution >= 0.6 is 23.7 Å². The van der Waals surface area contributed by atoms with Gasteiger partial charge in [-0.2, -0.15) is 0 Å². The fourth-order valence-corrected chi connectivity index (χ4v) is 4.75. The minimum Gasteiger partial charge on any atom is -0.390 e. The lowest BCUT2D eigenvalue weighted by molar-refractivity contribution is 0.128. The molecule has 1 unspecified atom stereocenters. The summed E-state index contributed by atoms with van der Waals surface area (Å²) in [5.41, 5.74) is 3.06. The Balaban J connectivity index is 0.00000280. The Labute approximate surface area is 176 Å². The number of fused-ring (bicyclic) bond motifs is 2. The minimum absolute atomic E-state index is 0. The molecule has 152 valence electrons. The largest absolute Gasteiger partial charge is 0.390 e. The highest BCUT2D eigenvalue weighted by atomic mass is 35.5. The highest BCUT2D eigenvalue weighted by Crippen LogP contribution is 2.33. The fraction of sp³-hybridized carbons (Fsp3) is 0.409. The number of benzene rings is 2. The third kappa shape index (κ3) is 4.49. The molecule has 3 rings (SSSR count). The highest BCUT2D eigenvalue weighted by molar-refractivity contribution is 7.24. The standard InChI is InChI=1S/C22H28N2O2S.ClH/c1-5-24(6-2)13-16(25)12-23-20-14(3)11-15(4)22-19(20)21(26)17-9-7-8-10-18(17)27-22;/h7-11,16,23,25H,5-6,12-13H2,1-4H3;1H. The zero-order valence-corrected chi connectivity index (χ0v) is 18.5. The molecule has 0 amide bonds. The number of likely N-dealkylation sites (N-methyl/N-ethyl adjacent to an activating group) is 1. The second-order valence-electron chi connectivity index (χ2n) is 7.04. The summed E-state index contributed by atoms with van der Waals surface area (Å²) in [4.78, 5) is 15.4. The molecular weight excluding hydrogens is 392 g/mol. The van der Waals surface area contributed by atoms with Crippen LogP contribution in [0.1, 0.15) is 25.0 Å². The second-order valence-corrected chi connectivity index (χ2v) is 8.09. The fourth-order valence-electron chi connectivity index (χ4n) is 3.60. The summed E-state index contributed by atoms with van der Waals surface area (Å²) in [5, 5.41) is 15.3. The first-order chi connectivity index (χ1) is 13.0. The van der Waals surface area contributed by atoms with Crippen LogP contribution in [0.4, 0.5) is 5.69 Å². The third-order valence-electron chi connectivity index (χ3n) is 5.11. The van der Waals surface area contributed by atoms with E-state index in [1.165, 1.54) is 0 Å². The van der Waals surface area contributed by atoms with E-state index in [0.29, 0.717) is 13.1 Å². The number of nitrogens with one attached hydrogen (secondary N) is 1. The van der Waals surface area contributed by atoms with Crippen LogP contribution in [0.5, 0.6) is 0 Å². The van der Waals surface area contributed by atoms with E-state index in [9.17, 15) is 9.90 Å². The highest BCUT2D eigenvalue weighted by Gasteiger charge is 2.16. The number of hydrogen-bond donors (Lipinski definition) is 2. The summed E-state index contributed by atoms with van der Waals surface area (Å²) in [6.45, 7) is 11.1. The van der Waals surface area contributed by atoms with Crippen molar-refractivity contribution < 1.29 is 5.11 Å². The smallest absolute Gasteiger partial charge is 0.197 e. The molecule has 1 aromatic heterocycles. The summed E-state index contributed by atoms with van der Waals surface area (Å²) in [6.07, 6.45) is -0.486. The lowest BCUT2D eigenvalue weighted by Crippen LogP contribution is -2.36. The van der Waals surface area contributed by atoms with Crippen molar-refractivity contribution in [1.29, 1.82) is 0 Å². The first-order valence-electron chi connectivity index (χ1n) is 9.56. The molecular formula is C22H29ClN2O2S. The number of rotatable bonds is 7. The van der Waals surface area contributed by atoms with Gasteiger partial charge < -0.3 is 15.3 Å². The van der Waals surface area contributed by atoms with Crippen LogP contribution in [-0.4, -0.2) is 42.3 Å². The van der Waals surface area contributed by atoms with Crippen LogP contribution in [0.25, 0.3) is 20.2 Å². The maximum Gasteiger partial charge on any atom is 0.197 e.